The molecule has 0 aliphatic carbocycles. The van der Waals surface area contributed by atoms with Crippen LogP contribution in [0.25, 0.3) is 22.6 Å². The lowest BCUT2D eigenvalue weighted by Gasteiger charge is -2.08. The van der Waals surface area contributed by atoms with Gasteiger partial charge in [0, 0.05) is 31.0 Å². The molecule has 10 nitrogen and oxygen atoms in total. The predicted octanol–water partition coefficient (Wildman–Crippen LogP) is 2.91. The smallest absolute Gasteiger partial charge is 0.341 e. The summed E-state index contributed by atoms with van der Waals surface area (Å²) in [5.41, 5.74) is 0.657. The van der Waals surface area contributed by atoms with Gasteiger partial charge in [-0.05, 0) is 12.8 Å². The van der Waals surface area contributed by atoms with E-state index in [0.29, 0.717) is 35.9 Å². The van der Waals surface area contributed by atoms with Gasteiger partial charge >= 0.3 is 11.7 Å². The molecule has 0 saturated carbocycles. The van der Waals surface area contributed by atoms with Crippen LogP contribution in [0.15, 0.2) is 52.3 Å². The number of aromatic nitrogens is 6. The summed E-state index contributed by atoms with van der Waals surface area (Å²) < 4.78 is 8.64. The lowest BCUT2D eigenvalue weighted by molar-refractivity contribution is 0.0457. The molecule has 10 heteroatoms. The molecule has 4 rings (SSSR count). The molecule has 3 heterocycles. The molecule has 0 saturated heterocycles. The first kappa shape index (κ1) is 23.1. The molecular weight excluding hydrogens is 436 g/mol. The van der Waals surface area contributed by atoms with E-state index in [-0.39, 0.29) is 12.2 Å². The number of hydrogen-bond acceptors (Lipinski definition) is 7. The Morgan fingerprint density at radius 3 is 2.41 bits per heavy atom. The minimum atomic E-state index is -0.605. The van der Waals surface area contributed by atoms with Crippen molar-refractivity contribution in [3.05, 3.63) is 75.0 Å². The van der Waals surface area contributed by atoms with Crippen molar-refractivity contribution in [2.45, 2.75) is 52.8 Å². The summed E-state index contributed by atoms with van der Waals surface area (Å²) in [6.07, 6.45) is 5.22. The molecule has 1 N–H and O–H groups in total. The molecule has 1 aromatic carbocycles. The molecule has 176 valence electrons. The topological polar surface area (TPSA) is 125 Å². The van der Waals surface area contributed by atoms with Crippen LogP contribution >= 0.6 is 0 Å². The van der Waals surface area contributed by atoms with Crippen molar-refractivity contribution >= 4 is 17.1 Å². The number of carbonyl (C=O) groups is 1. The highest BCUT2D eigenvalue weighted by molar-refractivity contribution is 5.88. The van der Waals surface area contributed by atoms with E-state index >= 15 is 0 Å². The Labute approximate surface area is 195 Å². The maximum Gasteiger partial charge on any atom is 0.341 e. The first-order valence-corrected chi connectivity index (χ1v) is 11.3. The summed E-state index contributed by atoms with van der Waals surface area (Å²) in [5.74, 6) is 0.298. The van der Waals surface area contributed by atoms with E-state index < -0.39 is 17.2 Å². The SMILES string of the molecule is CCCCn1c(=O)[nH]c(=O)c2c1nc(COC(=O)c1cnc(-c3ccccc3)nc1)n2CCC. The number of unbranched alkanes of at least 4 members (excludes halogenated alkanes) is 1. The molecular formula is C24H26N6O4. The third-order valence-electron chi connectivity index (χ3n) is 5.40. The van der Waals surface area contributed by atoms with Gasteiger partial charge < -0.3 is 9.30 Å². The van der Waals surface area contributed by atoms with Crippen LogP contribution in [0.2, 0.25) is 0 Å². The molecule has 0 aliphatic heterocycles. The fourth-order valence-corrected chi connectivity index (χ4v) is 3.70. The van der Waals surface area contributed by atoms with Crippen molar-refractivity contribution in [1.29, 1.82) is 0 Å². The van der Waals surface area contributed by atoms with Crippen LogP contribution in [-0.4, -0.2) is 35.0 Å². The molecule has 0 amide bonds. The third-order valence-corrected chi connectivity index (χ3v) is 5.40. The second-order valence-corrected chi connectivity index (χ2v) is 7.85. The van der Waals surface area contributed by atoms with Crippen molar-refractivity contribution in [3.63, 3.8) is 0 Å². The zero-order valence-corrected chi connectivity index (χ0v) is 19.2. The van der Waals surface area contributed by atoms with E-state index in [2.05, 4.69) is 19.9 Å². The van der Waals surface area contributed by atoms with Crippen LogP contribution in [0.3, 0.4) is 0 Å². The molecule has 0 fully saturated rings. The number of aromatic amines is 1. The van der Waals surface area contributed by atoms with E-state index in [4.69, 9.17) is 4.74 Å². The molecule has 0 radical (unpaired) electrons. The lowest BCUT2D eigenvalue weighted by atomic mass is 10.2. The Balaban J connectivity index is 1.59. The minimum absolute atomic E-state index is 0.157. The van der Waals surface area contributed by atoms with E-state index in [1.165, 1.54) is 17.0 Å². The van der Waals surface area contributed by atoms with Gasteiger partial charge in [-0.25, -0.2) is 24.5 Å². The fraction of sp³-hybridized carbons (Fsp3) is 0.333. The standard InChI is InChI=1S/C24H26N6O4/c1-3-5-12-30-21-19(22(31)28-24(30)33)29(11-4-2)18(27-21)15-34-23(32)17-13-25-20(26-14-17)16-9-7-6-8-10-16/h6-10,13-14H,3-5,11-12,15H2,1-2H3,(H,28,31,33). The number of benzene rings is 1. The maximum absolute atomic E-state index is 12.6. The van der Waals surface area contributed by atoms with Gasteiger partial charge in [0.1, 0.15) is 12.4 Å². The van der Waals surface area contributed by atoms with Crippen LogP contribution in [0.5, 0.6) is 0 Å². The Bertz CT molecular complexity index is 1400. The molecule has 0 aliphatic rings. The Morgan fingerprint density at radius 1 is 1.00 bits per heavy atom. The number of esters is 1. The molecule has 4 aromatic rings. The maximum atomic E-state index is 12.6. The summed E-state index contributed by atoms with van der Waals surface area (Å²) in [4.78, 5) is 53.0. The highest BCUT2D eigenvalue weighted by Gasteiger charge is 2.19. The van der Waals surface area contributed by atoms with Crippen molar-refractivity contribution in [1.82, 2.24) is 29.1 Å². The summed E-state index contributed by atoms with van der Waals surface area (Å²) in [5, 5.41) is 0. The Morgan fingerprint density at radius 2 is 1.74 bits per heavy atom. The van der Waals surface area contributed by atoms with Gasteiger partial charge in [0.25, 0.3) is 5.56 Å². The number of H-pyrrole nitrogens is 1. The number of nitrogens with one attached hydrogen (secondary N) is 1. The minimum Gasteiger partial charge on any atom is -0.454 e. The monoisotopic (exact) mass is 462 g/mol. The van der Waals surface area contributed by atoms with Crippen molar-refractivity contribution < 1.29 is 9.53 Å². The second kappa shape index (κ2) is 10.2. The van der Waals surface area contributed by atoms with Gasteiger partial charge in [-0.3, -0.25) is 14.3 Å². The number of ether oxygens (including phenoxy) is 1. The number of imidazole rings is 1. The average molecular weight is 463 g/mol. The number of nitrogens with zero attached hydrogens (tertiary/aromatic N) is 5. The van der Waals surface area contributed by atoms with Gasteiger partial charge in [0.2, 0.25) is 0 Å². The third kappa shape index (κ3) is 4.66. The lowest BCUT2D eigenvalue weighted by Crippen LogP contribution is -2.31. The summed E-state index contributed by atoms with van der Waals surface area (Å²) in [6.45, 7) is 4.76. The summed E-state index contributed by atoms with van der Waals surface area (Å²) in [6, 6.07) is 9.44. The predicted molar refractivity (Wildman–Crippen MR) is 126 cm³/mol. The summed E-state index contributed by atoms with van der Waals surface area (Å²) >= 11 is 0. The number of carbonyl (C=O) groups excluding carboxylic acids is 1. The number of rotatable bonds is 9. The summed E-state index contributed by atoms with van der Waals surface area (Å²) in [7, 11) is 0. The number of aryl methyl sites for hydroxylation is 2. The highest BCUT2D eigenvalue weighted by Crippen LogP contribution is 2.16. The van der Waals surface area contributed by atoms with Crippen LogP contribution in [0.4, 0.5) is 0 Å². The van der Waals surface area contributed by atoms with Crippen LogP contribution in [0, 0.1) is 0 Å². The first-order chi connectivity index (χ1) is 16.5. The van der Waals surface area contributed by atoms with Gasteiger partial charge in [-0.15, -0.1) is 0 Å². The molecule has 3 aromatic heterocycles. The molecule has 34 heavy (non-hydrogen) atoms. The Kier molecular flexibility index (Phi) is 6.95. The van der Waals surface area contributed by atoms with Crippen LogP contribution in [-0.2, 0) is 24.4 Å². The van der Waals surface area contributed by atoms with Crippen molar-refractivity contribution in [2.24, 2.45) is 0 Å². The van der Waals surface area contributed by atoms with E-state index in [1.54, 1.807) is 4.57 Å². The highest BCUT2D eigenvalue weighted by atomic mass is 16.5. The van der Waals surface area contributed by atoms with Gasteiger partial charge in [-0.2, -0.15) is 0 Å². The average Bonchev–Trinajstić information content (AvgIpc) is 3.22. The Hall–Kier alpha value is -4.08. The number of fused-ring (bicyclic) bond motifs is 1. The van der Waals surface area contributed by atoms with E-state index in [0.717, 1.165) is 24.8 Å². The molecule has 0 bridgehead atoms. The van der Waals surface area contributed by atoms with Crippen LogP contribution < -0.4 is 11.2 Å². The zero-order chi connectivity index (χ0) is 24.1. The van der Waals surface area contributed by atoms with Crippen molar-refractivity contribution in [3.8, 4) is 11.4 Å². The van der Waals surface area contributed by atoms with Gasteiger partial charge in [-0.1, -0.05) is 50.6 Å². The molecule has 0 spiro atoms. The fourth-order valence-electron chi connectivity index (χ4n) is 3.70. The number of hydrogen-bond donors (Lipinski definition) is 1. The van der Waals surface area contributed by atoms with E-state index in [9.17, 15) is 14.4 Å². The molecule has 0 atom stereocenters. The zero-order valence-electron chi connectivity index (χ0n) is 19.2. The molecule has 0 unspecified atom stereocenters. The van der Waals surface area contributed by atoms with Gasteiger partial charge in [0.05, 0.1) is 5.56 Å². The van der Waals surface area contributed by atoms with Crippen molar-refractivity contribution in [2.75, 3.05) is 0 Å². The first-order valence-electron chi connectivity index (χ1n) is 11.3. The normalized spacial score (nSPS) is 11.1. The van der Waals surface area contributed by atoms with Gasteiger partial charge in [0.15, 0.2) is 17.0 Å². The second-order valence-electron chi connectivity index (χ2n) is 7.85. The van der Waals surface area contributed by atoms with E-state index in [1.807, 2.05) is 44.2 Å². The largest absolute Gasteiger partial charge is 0.454 e. The van der Waals surface area contributed by atoms with Crippen LogP contribution in [0.1, 0.15) is 49.3 Å². The quantitative estimate of drug-likeness (QED) is 0.379.